The molecule has 1 atom stereocenters. The Balaban J connectivity index is 1.51. The van der Waals surface area contributed by atoms with Gasteiger partial charge in [-0.1, -0.05) is 41.9 Å². The first kappa shape index (κ1) is 17.9. The summed E-state index contributed by atoms with van der Waals surface area (Å²) < 4.78 is 2.13. The minimum atomic E-state index is -0.308. The van der Waals surface area contributed by atoms with E-state index in [1.807, 2.05) is 36.5 Å². The van der Waals surface area contributed by atoms with Crippen LogP contribution in [0.15, 0.2) is 54.7 Å². The van der Waals surface area contributed by atoms with Crippen LogP contribution in [-0.2, 0) is 19.4 Å². The molecule has 0 saturated heterocycles. The highest BCUT2D eigenvalue weighted by molar-refractivity contribution is 6.33. The number of fused-ring (bicyclic) bond motifs is 2. The number of aromatic nitrogens is 4. The number of para-hydroxylation sites is 1. The highest BCUT2D eigenvalue weighted by Gasteiger charge is 2.27. The van der Waals surface area contributed by atoms with Gasteiger partial charge in [0.25, 0.3) is 5.91 Å². The van der Waals surface area contributed by atoms with Gasteiger partial charge in [0.1, 0.15) is 5.82 Å². The molecule has 1 aliphatic rings. The summed E-state index contributed by atoms with van der Waals surface area (Å²) in [6, 6.07) is 14.9. The van der Waals surface area contributed by atoms with Gasteiger partial charge >= 0.3 is 0 Å². The number of nitrogens with zero attached hydrogens (tertiary/aromatic N) is 3. The van der Waals surface area contributed by atoms with Gasteiger partial charge in [-0.3, -0.25) is 4.79 Å². The average molecular weight is 406 g/mol. The summed E-state index contributed by atoms with van der Waals surface area (Å²) in [6.07, 6.45) is 4.58. The number of amides is 1. The number of H-pyrrole nitrogens is 1. The van der Waals surface area contributed by atoms with E-state index in [1.165, 1.54) is 0 Å². The van der Waals surface area contributed by atoms with Crippen molar-refractivity contribution in [3.8, 4) is 0 Å². The molecule has 0 fully saturated rings. The lowest BCUT2D eigenvalue weighted by Gasteiger charge is -2.19. The normalized spacial score (nSPS) is 14.1. The van der Waals surface area contributed by atoms with Crippen LogP contribution in [0.1, 0.15) is 40.0 Å². The van der Waals surface area contributed by atoms with Gasteiger partial charge < -0.3 is 14.9 Å². The number of benzene rings is 2. The van der Waals surface area contributed by atoms with E-state index in [0.29, 0.717) is 17.0 Å². The molecule has 5 rings (SSSR count). The van der Waals surface area contributed by atoms with Crippen LogP contribution < -0.4 is 5.32 Å². The Morgan fingerprint density at radius 1 is 1.17 bits per heavy atom. The molecule has 6 nitrogen and oxygen atoms in total. The molecule has 1 amide bonds. The molecule has 0 aliphatic carbocycles. The Morgan fingerprint density at radius 2 is 2.00 bits per heavy atom. The quantitative estimate of drug-likeness (QED) is 0.525. The van der Waals surface area contributed by atoms with Crippen molar-refractivity contribution in [3.05, 3.63) is 82.5 Å². The van der Waals surface area contributed by atoms with Crippen molar-refractivity contribution in [1.82, 2.24) is 25.1 Å². The van der Waals surface area contributed by atoms with Crippen molar-refractivity contribution >= 4 is 28.4 Å². The zero-order valence-electron chi connectivity index (χ0n) is 15.7. The molecule has 0 unspecified atom stereocenters. The Morgan fingerprint density at radius 3 is 2.90 bits per heavy atom. The minimum absolute atomic E-state index is 0.212. The number of halogens is 1. The maximum atomic E-state index is 13.0. The fourth-order valence-corrected chi connectivity index (χ4v) is 4.26. The van der Waals surface area contributed by atoms with Crippen LogP contribution in [0.5, 0.6) is 0 Å². The molecule has 0 saturated carbocycles. The zero-order chi connectivity index (χ0) is 19.8. The lowest BCUT2D eigenvalue weighted by Crippen LogP contribution is -2.32. The summed E-state index contributed by atoms with van der Waals surface area (Å²) in [5.74, 6) is 1.56. The second-order valence-electron chi connectivity index (χ2n) is 7.30. The number of carbonyl (C=O) groups is 1. The van der Waals surface area contributed by atoms with Crippen LogP contribution in [0.25, 0.3) is 10.9 Å². The fourth-order valence-electron chi connectivity index (χ4n) is 4.04. The van der Waals surface area contributed by atoms with Crippen molar-refractivity contribution in [2.45, 2.75) is 31.8 Å². The van der Waals surface area contributed by atoms with Crippen LogP contribution >= 0.6 is 11.6 Å². The number of nitrogens with one attached hydrogen (secondary N) is 2. The molecule has 29 heavy (non-hydrogen) atoms. The Hall–Kier alpha value is -3.12. The SMILES string of the molecule is O=C(N[C@H](Cc1c[nH]c2ccccc12)c1nnc2n1CCC2)c1ccccc1Cl. The second kappa shape index (κ2) is 7.37. The number of rotatable bonds is 5. The molecule has 146 valence electrons. The van der Waals surface area contributed by atoms with Gasteiger partial charge in [0, 0.05) is 36.5 Å². The van der Waals surface area contributed by atoms with E-state index < -0.39 is 0 Å². The van der Waals surface area contributed by atoms with Crippen molar-refractivity contribution in [2.75, 3.05) is 0 Å². The minimum Gasteiger partial charge on any atom is -0.361 e. The van der Waals surface area contributed by atoms with Gasteiger partial charge in [0.15, 0.2) is 5.82 Å². The number of hydrogen-bond donors (Lipinski definition) is 2. The molecule has 1 aliphatic heterocycles. The summed E-state index contributed by atoms with van der Waals surface area (Å²) in [5.41, 5.74) is 2.66. The van der Waals surface area contributed by atoms with Gasteiger partial charge in [0.2, 0.25) is 0 Å². The van der Waals surface area contributed by atoms with E-state index in [-0.39, 0.29) is 11.9 Å². The second-order valence-corrected chi connectivity index (χ2v) is 7.71. The molecule has 0 bridgehead atoms. The summed E-state index contributed by atoms with van der Waals surface area (Å²) in [5, 5.41) is 13.5. The molecule has 2 aromatic carbocycles. The lowest BCUT2D eigenvalue weighted by atomic mass is 10.0. The molecular weight excluding hydrogens is 386 g/mol. The van der Waals surface area contributed by atoms with Crippen molar-refractivity contribution in [3.63, 3.8) is 0 Å². The predicted octanol–water partition coefficient (Wildman–Crippen LogP) is 4.07. The largest absolute Gasteiger partial charge is 0.361 e. The Bertz CT molecular complexity index is 1190. The van der Waals surface area contributed by atoms with E-state index in [0.717, 1.165) is 47.5 Å². The molecule has 4 aromatic rings. The van der Waals surface area contributed by atoms with Crippen LogP contribution in [-0.4, -0.2) is 25.7 Å². The van der Waals surface area contributed by atoms with Crippen molar-refractivity contribution < 1.29 is 4.79 Å². The van der Waals surface area contributed by atoms with Crippen molar-refractivity contribution in [1.29, 1.82) is 0 Å². The van der Waals surface area contributed by atoms with Crippen molar-refractivity contribution in [2.24, 2.45) is 0 Å². The van der Waals surface area contributed by atoms with E-state index >= 15 is 0 Å². The smallest absolute Gasteiger partial charge is 0.253 e. The van der Waals surface area contributed by atoms with Gasteiger partial charge in [-0.2, -0.15) is 0 Å². The number of carbonyl (C=O) groups excluding carboxylic acids is 1. The summed E-state index contributed by atoms with van der Waals surface area (Å²) in [6.45, 7) is 0.879. The molecule has 7 heteroatoms. The van der Waals surface area contributed by atoms with Crippen LogP contribution in [0.4, 0.5) is 0 Å². The third kappa shape index (κ3) is 3.29. The van der Waals surface area contributed by atoms with E-state index in [2.05, 4.69) is 31.1 Å². The molecule has 2 N–H and O–H groups in total. The zero-order valence-corrected chi connectivity index (χ0v) is 16.5. The average Bonchev–Trinajstić information content (AvgIpc) is 3.44. The maximum Gasteiger partial charge on any atom is 0.253 e. The Labute approximate surface area is 172 Å². The number of aryl methyl sites for hydroxylation is 1. The summed E-state index contributed by atoms with van der Waals surface area (Å²) in [7, 11) is 0. The van der Waals surface area contributed by atoms with E-state index in [1.54, 1.807) is 12.1 Å². The summed E-state index contributed by atoms with van der Waals surface area (Å²) >= 11 is 6.24. The van der Waals surface area contributed by atoms with E-state index in [4.69, 9.17) is 11.6 Å². The topological polar surface area (TPSA) is 75.6 Å². The van der Waals surface area contributed by atoms with Gasteiger partial charge in [-0.25, -0.2) is 0 Å². The fraction of sp³-hybridized carbons (Fsp3) is 0.227. The molecular formula is C22H20ClN5O. The Kier molecular flexibility index (Phi) is 4.56. The number of aromatic amines is 1. The first-order chi connectivity index (χ1) is 14.2. The highest BCUT2D eigenvalue weighted by Crippen LogP contribution is 2.27. The molecule has 3 heterocycles. The lowest BCUT2D eigenvalue weighted by molar-refractivity contribution is 0.0934. The maximum absolute atomic E-state index is 13.0. The van der Waals surface area contributed by atoms with Gasteiger partial charge in [-0.05, 0) is 30.2 Å². The molecule has 0 spiro atoms. The monoisotopic (exact) mass is 405 g/mol. The first-order valence-electron chi connectivity index (χ1n) is 9.73. The third-order valence-corrected chi connectivity index (χ3v) is 5.80. The number of hydrogen-bond acceptors (Lipinski definition) is 3. The summed E-state index contributed by atoms with van der Waals surface area (Å²) in [4.78, 5) is 16.3. The first-order valence-corrected chi connectivity index (χ1v) is 10.1. The highest BCUT2D eigenvalue weighted by atomic mass is 35.5. The van der Waals surface area contributed by atoms with Gasteiger partial charge in [-0.15, -0.1) is 10.2 Å². The van der Waals surface area contributed by atoms with Crippen LogP contribution in [0, 0.1) is 0 Å². The third-order valence-electron chi connectivity index (χ3n) is 5.47. The van der Waals surface area contributed by atoms with Crippen LogP contribution in [0.2, 0.25) is 5.02 Å². The van der Waals surface area contributed by atoms with E-state index in [9.17, 15) is 4.79 Å². The van der Waals surface area contributed by atoms with Gasteiger partial charge in [0.05, 0.1) is 16.6 Å². The standard InChI is InChI=1S/C22H20ClN5O/c23-17-8-3-1-7-16(17)22(29)25-19(21-27-26-20-10-5-11-28(20)21)12-14-13-24-18-9-4-2-6-15(14)18/h1-4,6-9,13,19,24H,5,10-12H2,(H,25,29)/t19-/m1/s1. The van der Waals surface area contributed by atoms with Crippen LogP contribution in [0.3, 0.4) is 0 Å². The molecule has 2 aromatic heterocycles. The predicted molar refractivity (Wildman–Crippen MR) is 112 cm³/mol. The molecule has 0 radical (unpaired) electrons.